The summed E-state index contributed by atoms with van der Waals surface area (Å²) in [5.41, 5.74) is 8.98. The van der Waals surface area contributed by atoms with Crippen LogP contribution >= 0.6 is 12.6 Å². The maximum atomic E-state index is 11.5. The number of rotatable bonds is 2. The van der Waals surface area contributed by atoms with Crippen LogP contribution in [0.25, 0.3) is 11.1 Å². The van der Waals surface area contributed by atoms with E-state index in [1.807, 2.05) is 42.5 Å². The zero-order valence-corrected chi connectivity index (χ0v) is 10.4. The Morgan fingerprint density at radius 2 is 1.88 bits per heavy atom. The highest BCUT2D eigenvalue weighted by molar-refractivity contribution is 7.80. The van der Waals surface area contributed by atoms with Crippen LogP contribution in [0.5, 0.6) is 0 Å². The van der Waals surface area contributed by atoms with E-state index in [2.05, 4.69) is 12.6 Å². The summed E-state index contributed by atoms with van der Waals surface area (Å²) in [7, 11) is 0. The molecule has 86 valence electrons. The van der Waals surface area contributed by atoms with E-state index in [1.165, 1.54) is 0 Å². The van der Waals surface area contributed by atoms with Crippen molar-refractivity contribution < 1.29 is 4.79 Å². The Morgan fingerprint density at radius 3 is 2.53 bits per heavy atom. The molecule has 0 aliphatic heterocycles. The fourth-order valence-electron chi connectivity index (χ4n) is 1.76. The maximum Gasteiger partial charge on any atom is 0.160 e. The molecule has 0 fully saturated rings. The first kappa shape index (κ1) is 11.7. The summed E-state index contributed by atoms with van der Waals surface area (Å²) in [5, 5.41) is 0. The second kappa shape index (κ2) is 4.63. The van der Waals surface area contributed by atoms with E-state index in [-0.39, 0.29) is 5.78 Å². The smallest absolute Gasteiger partial charge is 0.160 e. The molecule has 0 bridgehead atoms. The monoisotopic (exact) mass is 243 g/mol. The van der Waals surface area contributed by atoms with E-state index < -0.39 is 0 Å². The third-order valence-electron chi connectivity index (χ3n) is 2.64. The standard InChI is InChI=1S/C14H13NOS/c1-9(16)11-4-2-3-5-12(11)10-6-7-14(17)13(15)8-10/h2-8,17H,15H2,1H3. The Labute approximate surface area is 106 Å². The van der Waals surface area contributed by atoms with E-state index in [1.54, 1.807) is 6.92 Å². The predicted octanol–water partition coefficient (Wildman–Crippen LogP) is 3.43. The molecule has 2 nitrogen and oxygen atoms in total. The van der Waals surface area contributed by atoms with Crippen LogP contribution in [0.4, 0.5) is 5.69 Å². The van der Waals surface area contributed by atoms with Gasteiger partial charge in [0.25, 0.3) is 0 Å². The molecule has 0 aromatic heterocycles. The van der Waals surface area contributed by atoms with Crippen LogP contribution in [-0.4, -0.2) is 5.78 Å². The number of carbonyl (C=O) groups is 1. The molecule has 0 aliphatic rings. The van der Waals surface area contributed by atoms with Gasteiger partial charge in [0.1, 0.15) is 0 Å². The van der Waals surface area contributed by atoms with Gasteiger partial charge in [-0.3, -0.25) is 4.79 Å². The van der Waals surface area contributed by atoms with E-state index in [4.69, 9.17) is 5.73 Å². The van der Waals surface area contributed by atoms with Crippen molar-refractivity contribution in [3.63, 3.8) is 0 Å². The first-order valence-corrected chi connectivity index (χ1v) is 5.73. The lowest BCUT2D eigenvalue weighted by Crippen LogP contribution is -1.96. The molecule has 0 saturated heterocycles. The number of anilines is 1. The second-order valence-electron chi connectivity index (χ2n) is 3.88. The van der Waals surface area contributed by atoms with Gasteiger partial charge in [-0.1, -0.05) is 30.3 Å². The van der Waals surface area contributed by atoms with Crippen LogP contribution in [0.1, 0.15) is 17.3 Å². The maximum absolute atomic E-state index is 11.5. The summed E-state index contributed by atoms with van der Waals surface area (Å²) >= 11 is 4.23. The SMILES string of the molecule is CC(=O)c1ccccc1-c1ccc(S)c(N)c1. The molecule has 0 aliphatic carbocycles. The number of hydrogen-bond acceptors (Lipinski definition) is 3. The minimum Gasteiger partial charge on any atom is -0.398 e. The summed E-state index contributed by atoms with van der Waals surface area (Å²) < 4.78 is 0. The van der Waals surface area contributed by atoms with Crippen molar-refractivity contribution in [1.29, 1.82) is 0 Å². The fourth-order valence-corrected chi connectivity index (χ4v) is 1.90. The van der Waals surface area contributed by atoms with Gasteiger partial charge in [-0.15, -0.1) is 12.6 Å². The highest BCUT2D eigenvalue weighted by Crippen LogP contribution is 2.28. The molecule has 0 atom stereocenters. The lowest BCUT2D eigenvalue weighted by atomic mass is 9.97. The van der Waals surface area contributed by atoms with Gasteiger partial charge in [0.15, 0.2) is 5.78 Å². The molecular formula is C14H13NOS. The normalized spacial score (nSPS) is 10.2. The largest absolute Gasteiger partial charge is 0.398 e. The Morgan fingerprint density at radius 1 is 1.18 bits per heavy atom. The first-order valence-electron chi connectivity index (χ1n) is 5.28. The molecule has 0 amide bonds. The van der Waals surface area contributed by atoms with Crippen molar-refractivity contribution in [1.82, 2.24) is 0 Å². The highest BCUT2D eigenvalue weighted by Gasteiger charge is 2.08. The zero-order valence-electron chi connectivity index (χ0n) is 9.47. The third kappa shape index (κ3) is 2.34. The molecule has 2 N–H and O–H groups in total. The van der Waals surface area contributed by atoms with E-state index in [0.29, 0.717) is 11.3 Å². The summed E-state index contributed by atoms with van der Waals surface area (Å²) in [4.78, 5) is 12.3. The van der Waals surface area contributed by atoms with Gasteiger partial charge in [-0.25, -0.2) is 0 Å². The number of nitrogens with two attached hydrogens (primary N) is 1. The van der Waals surface area contributed by atoms with Crippen molar-refractivity contribution in [2.75, 3.05) is 5.73 Å². The predicted molar refractivity (Wildman–Crippen MR) is 73.5 cm³/mol. The van der Waals surface area contributed by atoms with Crippen molar-refractivity contribution in [2.45, 2.75) is 11.8 Å². The summed E-state index contributed by atoms with van der Waals surface area (Å²) in [5.74, 6) is 0.0501. The third-order valence-corrected chi connectivity index (χ3v) is 3.05. The van der Waals surface area contributed by atoms with Crippen LogP contribution in [-0.2, 0) is 0 Å². The van der Waals surface area contributed by atoms with E-state index in [9.17, 15) is 4.79 Å². The molecule has 3 heteroatoms. The summed E-state index contributed by atoms with van der Waals surface area (Å²) in [6, 6.07) is 13.1. The Bertz CT molecular complexity index is 578. The topological polar surface area (TPSA) is 43.1 Å². The number of nitrogen functional groups attached to an aromatic ring is 1. The number of hydrogen-bond donors (Lipinski definition) is 2. The minimum atomic E-state index is 0.0501. The minimum absolute atomic E-state index is 0.0501. The average molecular weight is 243 g/mol. The van der Waals surface area contributed by atoms with Crippen LogP contribution in [0.2, 0.25) is 0 Å². The van der Waals surface area contributed by atoms with Gasteiger partial charge >= 0.3 is 0 Å². The Kier molecular flexibility index (Phi) is 3.20. The van der Waals surface area contributed by atoms with Crippen molar-refractivity contribution in [3.8, 4) is 11.1 Å². The molecule has 17 heavy (non-hydrogen) atoms. The van der Waals surface area contributed by atoms with Crippen molar-refractivity contribution >= 4 is 24.1 Å². The number of ketones is 1. The van der Waals surface area contributed by atoms with Gasteiger partial charge in [-0.05, 0) is 30.2 Å². The number of benzene rings is 2. The highest BCUT2D eigenvalue weighted by atomic mass is 32.1. The summed E-state index contributed by atoms with van der Waals surface area (Å²) in [6.45, 7) is 1.56. The zero-order chi connectivity index (χ0) is 12.4. The number of Topliss-reactive ketones (excluding diaryl/α,β-unsaturated/α-hetero) is 1. The second-order valence-corrected chi connectivity index (χ2v) is 4.36. The molecule has 0 heterocycles. The lowest BCUT2D eigenvalue weighted by Gasteiger charge is -2.08. The fraction of sp³-hybridized carbons (Fsp3) is 0.0714. The Balaban J connectivity index is 2.60. The van der Waals surface area contributed by atoms with Gasteiger partial charge in [0, 0.05) is 16.1 Å². The molecule has 0 spiro atoms. The molecule has 2 aromatic carbocycles. The first-order chi connectivity index (χ1) is 8.09. The van der Waals surface area contributed by atoms with Crippen LogP contribution in [0.15, 0.2) is 47.4 Å². The molecule has 0 radical (unpaired) electrons. The molecular weight excluding hydrogens is 230 g/mol. The van der Waals surface area contributed by atoms with Crippen molar-refractivity contribution in [2.24, 2.45) is 0 Å². The summed E-state index contributed by atoms with van der Waals surface area (Å²) in [6.07, 6.45) is 0. The average Bonchev–Trinajstić information content (AvgIpc) is 2.32. The van der Waals surface area contributed by atoms with Gasteiger partial charge in [0.05, 0.1) is 0 Å². The van der Waals surface area contributed by atoms with E-state index >= 15 is 0 Å². The van der Waals surface area contributed by atoms with Crippen LogP contribution in [0, 0.1) is 0 Å². The number of carbonyl (C=O) groups excluding carboxylic acids is 1. The van der Waals surface area contributed by atoms with Crippen molar-refractivity contribution in [3.05, 3.63) is 48.0 Å². The van der Waals surface area contributed by atoms with Crippen LogP contribution < -0.4 is 5.73 Å². The lowest BCUT2D eigenvalue weighted by molar-refractivity contribution is 0.101. The number of thiol groups is 1. The quantitative estimate of drug-likeness (QED) is 0.482. The molecule has 0 unspecified atom stereocenters. The van der Waals surface area contributed by atoms with Gasteiger partial charge < -0.3 is 5.73 Å². The molecule has 2 rings (SSSR count). The Hall–Kier alpha value is -1.74. The van der Waals surface area contributed by atoms with E-state index in [0.717, 1.165) is 16.0 Å². The van der Waals surface area contributed by atoms with Crippen LogP contribution in [0.3, 0.4) is 0 Å². The molecule has 0 saturated carbocycles. The van der Waals surface area contributed by atoms with Gasteiger partial charge in [-0.2, -0.15) is 0 Å². The van der Waals surface area contributed by atoms with Gasteiger partial charge in [0.2, 0.25) is 0 Å². The molecule has 2 aromatic rings.